The largest absolute Gasteiger partial charge is 0.391 e. The number of benzene rings is 1. The lowest BCUT2D eigenvalue weighted by Crippen LogP contribution is -2.50. The molecule has 17 heavy (non-hydrogen) atoms. The van der Waals surface area contributed by atoms with Gasteiger partial charge in [-0.2, -0.15) is 0 Å². The van der Waals surface area contributed by atoms with E-state index in [1.807, 2.05) is 0 Å². The molecular weight excluding hydrogens is 210 g/mol. The summed E-state index contributed by atoms with van der Waals surface area (Å²) in [5, 5.41) is 10.1. The molecule has 2 unspecified atom stereocenters. The maximum Gasteiger partial charge on any atom is 0.0698 e. The summed E-state index contributed by atoms with van der Waals surface area (Å²) in [5.41, 5.74) is 1.34. The van der Waals surface area contributed by atoms with E-state index in [-0.39, 0.29) is 6.10 Å². The molecule has 2 heteroatoms. The van der Waals surface area contributed by atoms with Crippen LogP contribution in [0.2, 0.25) is 0 Å². The van der Waals surface area contributed by atoms with Gasteiger partial charge in [0.15, 0.2) is 0 Å². The minimum Gasteiger partial charge on any atom is -0.391 e. The summed E-state index contributed by atoms with van der Waals surface area (Å²) < 4.78 is 0. The summed E-state index contributed by atoms with van der Waals surface area (Å²) in [6, 6.07) is 10.9. The van der Waals surface area contributed by atoms with Gasteiger partial charge in [0.05, 0.1) is 6.10 Å². The Morgan fingerprint density at radius 2 is 2.00 bits per heavy atom. The third-order valence-corrected chi connectivity index (χ3v) is 3.67. The molecule has 2 atom stereocenters. The average Bonchev–Trinajstić information content (AvgIpc) is 2.30. The Morgan fingerprint density at radius 3 is 2.65 bits per heavy atom. The van der Waals surface area contributed by atoms with Gasteiger partial charge in [-0.15, -0.1) is 0 Å². The minimum absolute atomic E-state index is 0.160. The molecule has 1 aromatic carbocycles. The van der Waals surface area contributed by atoms with E-state index in [0.29, 0.717) is 12.0 Å². The number of aliphatic hydroxyl groups excluding tert-OH is 1. The molecule has 94 valence electrons. The molecule has 1 N–H and O–H groups in total. The first-order valence-corrected chi connectivity index (χ1v) is 6.64. The molecule has 0 amide bonds. The van der Waals surface area contributed by atoms with Crippen LogP contribution < -0.4 is 0 Å². The average molecular weight is 233 g/mol. The SMILES string of the molecule is CC(C)C1C(O)CCCN1Cc1ccccc1. The summed E-state index contributed by atoms with van der Waals surface area (Å²) >= 11 is 0. The maximum atomic E-state index is 10.1. The van der Waals surface area contributed by atoms with Crippen molar-refractivity contribution in [1.82, 2.24) is 4.90 Å². The van der Waals surface area contributed by atoms with Crippen molar-refractivity contribution < 1.29 is 5.11 Å². The highest BCUT2D eigenvalue weighted by molar-refractivity contribution is 5.14. The normalized spacial score (nSPS) is 26.4. The molecule has 2 nitrogen and oxygen atoms in total. The van der Waals surface area contributed by atoms with Crippen LogP contribution in [0.4, 0.5) is 0 Å². The molecule has 0 radical (unpaired) electrons. The van der Waals surface area contributed by atoms with Crippen molar-refractivity contribution in [2.75, 3.05) is 6.54 Å². The van der Waals surface area contributed by atoms with Crippen molar-refractivity contribution in [3.63, 3.8) is 0 Å². The molecule has 0 bridgehead atoms. The summed E-state index contributed by atoms with van der Waals surface area (Å²) in [6.07, 6.45) is 1.90. The van der Waals surface area contributed by atoms with Crippen molar-refractivity contribution >= 4 is 0 Å². The summed E-state index contributed by atoms with van der Waals surface area (Å²) in [5.74, 6) is 0.508. The van der Waals surface area contributed by atoms with Crippen molar-refractivity contribution in [2.45, 2.75) is 45.4 Å². The zero-order valence-electron chi connectivity index (χ0n) is 10.8. The highest BCUT2D eigenvalue weighted by atomic mass is 16.3. The van der Waals surface area contributed by atoms with E-state index < -0.39 is 0 Å². The van der Waals surface area contributed by atoms with Crippen LogP contribution >= 0.6 is 0 Å². The van der Waals surface area contributed by atoms with E-state index in [1.165, 1.54) is 5.56 Å². The van der Waals surface area contributed by atoms with Gasteiger partial charge in [0.25, 0.3) is 0 Å². The number of piperidine rings is 1. The molecule has 0 spiro atoms. The van der Waals surface area contributed by atoms with Gasteiger partial charge in [-0.25, -0.2) is 0 Å². The fraction of sp³-hybridized carbons (Fsp3) is 0.600. The molecule has 1 aliphatic heterocycles. The van der Waals surface area contributed by atoms with Crippen LogP contribution in [0.25, 0.3) is 0 Å². The number of likely N-dealkylation sites (tertiary alicyclic amines) is 1. The second-order valence-electron chi connectivity index (χ2n) is 5.40. The van der Waals surface area contributed by atoms with Gasteiger partial charge in [-0.05, 0) is 30.9 Å². The zero-order chi connectivity index (χ0) is 12.3. The van der Waals surface area contributed by atoms with Crippen LogP contribution in [0.3, 0.4) is 0 Å². The Morgan fingerprint density at radius 1 is 1.29 bits per heavy atom. The van der Waals surface area contributed by atoms with E-state index in [0.717, 1.165) is 25.9 Å². The summed E-state index contributed by atoms with van der Waals surface area (Å²) in [4.78, 5) is 2.44. The quantitative estimate of drug-likeness (QED) is 0.867. The molecule has 1 aliphatic rings. The number of hydrogen-bond acceptors (Lipinski definition) is 2. The van der Waals surface area contributed by atoms with Gasteiger partial charge in [0.2, 0.25) is 0 Å². The Bertz CT molecular complexity index is 336. The summed E-state index contributed by atoms with van der Waals surface area (Å²) in [6.45, 7) is 6.48. The van der Waals surface area contributed by atoms with Gasteiger partial charge in [0.1, 0.15) is 0 Å². The number of rotatable bonds is 3. The van der Waals surface area contributed by atoms with Crippen molar-refractivity contribution in [2.24, 2.45) is 5.92 Å². The first-order chi connectivity index (χ1) is 8.18. The van der Waals surface area contributed by atoms with Gasteiger partial charge < -0.3 is 5.11 Å². The first kappa shape index (κ1) is 12.6. The lowest BCUT2D eigenvalue weighted by molar-refractivity contribution is -0.0154. The second-order valence-corrected chi connectivity index (χ2v) is 5.40. The van der Waals surface area contributed by atoms with Crippen LogP contribution in [-0.4, -0.2) is 28.7 Å². The molecule has 1 heterocycles. The minimum atomic E-state index is -0.160. The van der Waals surface area contributed by atoms with Crippen molar-refractivity contribution in [3.05, 3.63) is 35.9 Å². The Kier molecular flexibility index (Phi) is 4.19. The Balaban J connectivity index is 2.07. The molecule has 2 rings (SSSR count). The molecular formula is C15H23NO. The molecule has 0 aliphatic carbocycles. The standard InChI is InChI=1S/C15H23NO/c1-12(2)15-14(17)9-6-10-16(15)11-13-7-4-3-5-8-13/h3-5,7-8,12,14-15,17H,6,9-11H2,1-2H3. The van der Waals surface area contributed by atoms with Crippen LogP contribution in [0.5, 0.6) is 0 Å². The van der Waals surface area contributed by atoms with E-state index in [4.69, 9.17) is 0 Å². The van der Waals surface area contributed by atoms with Gasteiger partial charge in [-0.3, -0.25) is 4.90 Å². The molecule has 0 saturated carbocycles. The number of nitrogens with zero attached hydrogens (tertiary/aromatic N) is 1. The lowest BCUT2D eigenvalue weighted by Gasteiger charge is -2.41. The molecule has 0 aromatic heterocycles. The van der Waals surface area contributed by atoms with E-state index in [2.05, 4.69) is 49.1 Å². The maximum absolute atomic E-state index is 10.1. The highest BCUT2D eigenvalue weighted by Crippen LogP contribution is 2.25. The third kappa shape index (κ3) is 3.08. The topological polar surface area (TPSA) is 23.5 Å². The van der Waals surface area contributed by atoms with Crippen LogP contribution in [0.1, 0.15) is 32.3 Å². The second kappa shape index (κ2) is 5.65. The lowest BCUT2D eigenvalue weighted by atomic mass is 9.90. The van der Waals surface area contributed by atoms with Gasteiger partial charge >= 0.3 is 0 Å². The van der Waals surface area contributed by atoms with Crippen molar-refractivity contribution in [1.29, 1.82) is 0 Å². The number of aliphatic hydroxyl groups is 1. The van der Waals surface area contributed by atoms with E-state index in [9.17, 15) is 5.11 Å². The Hall–Kier alpha value is -0.860. The predicted molar refractivity (Wildman–Crippen MR) is 70.7 cm³/mol. The van der Waals surface area contributed by atoms with Gasteiger partial charge in [0, 0.05) is 12.6 Å². The van der Waals surface area contributed by atoms with Gasteiger partial charge in [-0.1, -0.05) is 44.2 Å². The van der Waals surface area contributed by atoms with Crippen LogP contribution in [0.15, 0.2) is 30.3 Å². The predicted octanol–water partition coefficient (Wildman–Crippen LogP) is 2.67. The molecule has 1 aromatic rings. The van der Waals surface area contributed by atoms with Crippen molar-refractivity contribution in [3.8, 4) is 0 Å². The van der Waals surface area contributed by atoms with Crippen LogP contribution in [0, 0.1) is 5.92 Å². The molecule has 1 fully saturated rings. The van der Waals surface area contributed by atoms with Crippen LogP contribution in [-0.2, 0) is 6.54 Å². The highest BCUT2D eigenvalue weighted by Gasteiger charge is 2.31. The fourth-order valence-electron chi connectivity index (χ4n) is 2.94. The summed E-state index contributed by atoms with van der Waals surface area (Å²) in [7, 11) is 0. The fourth-order valence-corrected chi connectivity index (χ4v) is 2.94. The first-order valence-electron chi connectivity index (χ1n) is 6.64. The van der Waals surface area contributed by atoms with E-state index >= 15 is 0 Å². The monoisotopic (exact) mass is 233 g/mol. The Labute approximate surface area is 104 Å². The molecule has 1 saturated heterocycles. The number of hydrogen-bond donors (Lipinski definition) is 1. The third-order valence-electron chi connectivity index (χ3n) is 3.67. The zero-order valence-corrected chi connectivity index (χ0v) is 10.8. The van der Waals surface area contributed by atoms with E-state index in [1.54, 1.807) is 0 Å². The smallest absolute Gasteiger partial charge is 0.0698 e.